The molecule has 0 amide bonds. The van der Waals surface area contributed by atoms with Crippen molar-refractivity contribution in [2.75, 3.05) is 6.54 Å². The third kappa shape index (κ3) is 2.74. The van der Waals surface area contributed by atoms with E-state index in [0.29, 0.717) is 0 Å². The van der Waals surface area contributed by atoms with Crippen LogP contribution in [0, 0.1) is 6.92 Å². The van der Waals surface area contributed by atoms with E-state index in [1.54, 1.807) is 0 Å². The quantitative estimate of drug-likeness (QED) is 0.683. The summed E-state index contributed by atoms with van der Waals surface area (Å²) >= 11 is 6.27. The number of nitrogens with one attached hydrogen (secondary N) is 1. The summed E-state index contributed by atoms with van der Waals surface area (Å²) < 4.78 is 0. The number of rotatable bonds is 5. The predicted octanol–water partition coefficient (Wildman–Crippen LogP) is 4.47. The number of unbranched alkanes of at least 4 members (excludes halogenated alkanes) is 1. The van der Waals surface area contributed by atoms with Crippen LogP contribution >= 0.6 is 11.6 Å². The minimum atomic E-state index is 0.728. The maximum atomic E-state index is 6.27. The second-order valence-electron chi connectivity index (χ2n) is 5.53. The van der Waals surface area contributed by atoms with Crippen molar-refractivity contribution in [2.24, 2.45) is 5.73 Å². The lowest BCUT2D eigenvalue weighted by Gasteiger charge is -2.04. The van der Waals surface area contributed by atoms with Crippen molar-refractivity contribution in [1.29, 1.82) is 0 Å². The Morgan fingerprint density at radius 2 is 2.05 bits per heavy atom. The number of aromatic nitrogens is 2. The molecule has 3 nitrogen and oxygen atoms in total. The second-order valence-corrected chi connectivity index (χ2v) is 5.94. The molecule has 0 aliphatic rings. The number of nitrogens with zero attached hydrogens (tertiary/aromatic N) is 1. The third-order valence-corrected chi connectivity index (χ3v) is 4.49. The minimum absolute atomic E-state index is 0.728. The zero-order valence-electron chi connectivity index (χ0n) is 12.7. The van der Waals surface area contributed by atoms with Gasteiger partial charge in [-0.3, -0.25) is 4.98 Å². The van der Waals surface area contributed by atoms with Crippen LogP contribution in [0.3, 0.4) is 0 Å². The van der Waals surface area contributed by atoms with Crippen LogP contribution in [0.2, 0.25) is 5.02 Å². The first-order valence-electron chi connectivity index (χ1n) is 7.63. The number of halogens is 1. The van der Waals surface area contributed by atoms with Crippen molar-refractivity contribution in [1.82, 2.24) is 9.97 Å². The van der Waals surface area contributed by atoms with Crippen LogP contribution in [0.1, 0.15) is 24.0 Å². The SMILES string of the molecule is Cc1c(Cl)ccc2c(CCCCN)c(-c3ccccn3)[nH]c12. The van der Waals surface area contributed by atoms with Gasteiger partial charge in [0.25, 0.3) is 0 Å². The average molecular weight is 314 g/mol. The van der Waals surface area contributed by atoms with Crippen molar-refractivity contribution < 1.29 is 0 Å². The summed E-state index contributed by atoms with van der Waals surface area (Å²) in [7, 11) is 0. The number of aromatic amines is 1. The van der Waals surface area contributed by atoms with E-state index in [2.05, 4.69) is 16.0 Å². The van der Waals surface area contributed by atoms with Gasteiger partial charge < -0.3 is 10.7 Å². The highest BCUT2D eigenvalue weighted by atomic mass is 35.5. The molecule has 0 fully saturated rings. The molecule has 3 aromatic rings. The molecule has 114 valence electrons. The van der Waals surface area contributed by atoms with Gasteiger partial charge in [0.15, 0.2) is 0 Å². The van der Waals surface area contributed by atoms with Crippen molar-refractivity contribution in [2.45, 2.75) is 26.2 Å². The summed E-state index contributed by atoms with van der Waals surface area (Å²) in [5.74, 6) is 0. The largest absolute Gasteiger partial charge is 0.353 e. The molecule has 0 aliphatic heterocycles. The van der Waals surface area contributed by atoms with Gasteiger partial charge in [0, 0.05) is 16.6 Å². The van der Waals surface area contributed by atoms with Crippen LogP contribution in [0.15, 0.2) is 36.5 Å². The van der Waals surface area contributed by atoms with Crippen molar-refractivity contribution in [3.63, 3.8) is 0 Å². The lowest BCUT2D eigenvalue weighted by molar-refractivity contribution is 0.748. The Morgan fingerprint density at radius 3 is 2.77 bits per heavy atom. The lowest BCUT2D eigenvalue weighted by atomic mass is 10.0. The fourth-order valence-corrected chi connectivity index (χ4v) is 3.03. The zero-order chi connectivity index (χ0) is 15.5. The van der Waals surface area contributed by atoms with Gasteiger partial charge in [0.05, 0.1) is 16.9 Å². The molecule has 3 N–H and O–H groups in total. The lowest BCUT2D eigenvalue weighted by Crippen LogP contribution is -1.99. The Morgan fingerprint density at radius 1 is 1.18 bits per heavy atom. The molecule has 2 aromatic heterocycles. The monoisotopic (exact) mass is 313 g/mol. The fraction of sp³-hybridized carbons (Fsp3) is 0.278. The number of hydrogen-bond donors (Lipinski definition) is 2. The highest BCUT2D eigenvalue weighted by molar-refractivity contribution is 6.32. The molecule has 0 aliphatic carbocycles. The molecule has 0 spiro atoms. The van der Waals surface area contributed by atoms with Crippen LogP contribution in [0.4, 0.5) is 0 Å². The first-order valence-corrected chi connectivity index (χ1v) is 8.01. The summed E-state index contributed by atoms with van der Waals surface area (Å²) in [6, 6.07) is 10.1. The van der Waals surface area contributed by atoms with Gasteiger partial charge in [-0.25, -0.2) is 0 Å². The molecule has 1 aromatic carbocycles. The Kier molecular flexibility index (Phi) is 4.46. The smallest absolute Gasteiger partial charge is 0.0867 e. The molecule has 0 bridgehead atoms. The van der Waals surface area contributed by atoms with Gasteiger partial charge in [-0.15, -0.1) is 0 Å². The maximum Gasteiger partial charge on any atom is 0.0867 e. The molecule has 22 heavy (non-hydrogen) atoms. The van der Waals surface area contributed by atoms with Crippen molar-refractivity contribution in [3.8, 4) is 11.4 Å². The van der Waals surface area contributed by atoms with Gasteiger partial charge in [0.2, 0.25) is 0 Å². The Bertz CT molecular complexity index is 778. The number of aryl methyl sites for hydroxylation is 2. The fourth-order valence-electron chi connectivity index (χ4n) is 2.87. The normalized spacial score (nSPS) is 11.2. The molecule has 0 radical (unpaired) electrons. The highest BCUT2D eigenvalue weighted by Crippen LogP contribution is 2.34. The average Bonchev–Trinajstić information content (AvgIpc) is 2.92. The molecule has 0 saturated heterocycles. The zero-order valence-corrected chi connectivity index (χ0v) is 13.5. The third-order valence-electron chi connectivity index (χ3n) is 4.08. The number of fused-ring (bicyclic) bond motifs is 1. The van der Waals surface area contributed by atoms with Crippen molar-refractivity contribution in [3.05, 3.63) is 52.7 Å². The number of hydrogen-bond acceptors (Lipinski definition) is 2. The molecular formula is C18H20ClN3. The molecule has 0 atom stereocenters. The Balaban J connectivity index is 2.16. The predicted molar refractivity (Wildman–Crippen MR) is 93.3 cm³/mol. The summed E-state index contributed by atoms with van der Waals surface area (Å²) in [6.07, 6.45) is 4.92. The van der Waals surface area contributed by atoms with Crippen LogP contribution in [-0.4, -0.2) is 16.5 Å². The van der Waals surface area contributed by atoms with E-state index in [1.165, 1.54) is 10.9 Å². The first kappa shape index (κ1) is 15.1. The second kappa shape index (κ2) is 6.51. The van der Waals surface area contributed by atoms with Gasteiger partial charge in [-0.05, 0) is 62.1 Å². The topological polar surface area (TPSA) is 54.7 Å². The van der Waals surface area contributed by atoms with E-state index in [0.717, 1.165) is 53.3 Å². The summed E-state index contributed by atoms with van der Waals surface area (Å²) in [4.78, 5) is 8.03. The summed E-state index contributed by atoms with van der Waals surface area (Å²) in [6.45, 7) is 2.78. The first-order chi connectivity index (χ1) is 10.7. The summed E-state index contributed by atoms with van der Waals surface area (Å²) in [5.41, 5.74) is 11.2. The Hall–Kier alpha value is -1.84. The van der Waals surface area contributed by atoms with Crippen LogP contribution < -0.4 is 5.73 Å². The van der Waals surface area contributed by atoms with E-state index < -0.39 is 0 Å². The molecule has 0 unspecified atom stereocenters. The van der Waals surface area contributed by atoms with E-state index in [4.69, 9.17) is 17.3 Å². The van der Waals surface area contributed by atoms with E-state index in [1.807, 2.05) is 37.4 Å². The Labute approximate surface area is 135 Å². The number of H-pyrrole nitrogens is 1. The number of pyridine rings is 1. The number of benzene rings is 1. The standard InChI is InChI=1S/C18H20ClN3/c1-12-15(19)9-8-14-13(6-2-4-10-20)18(22-17(12)14)16-7-3-5-11-21-16/h3,5,7-9,11,22H,2,4,6,10,20H2,1H3. The molecule has 3 rings (SSSR count). The van der Waals surface area contributed by atoms with Gasteiger partial charge in [0.1, 0.15) is 0 Å². The van der Waals surface area contributed by atoms with E-state index >= 15 is 0 Å². The highest BCUT2D eigenvalue weighted by Gasteiger charge is 2.15. The van der Waals surface area contributed by atoms with Crippen LogP contribution in [0.5, 0.6) is 0 Å². The van der Waals surface area contributed by atoms with Crippen LogP contribution in [-0.2, 0) is 6.42 Å². The molecule has 4 heteroatoms. The van der Waals surface area contributed by atoms with E-state index in [9.17, 15) is 0 Å². The van der Waals surface area contributed by atoms with Gasteiger partial charge >= 0.3 is 0 Å². The van der Waals surface area contributed by atoms with Gasteiger partial charge in [-0.1, -0.05) is 23.7 Å². The van der Waals surface area contributed by atoms with Gasteiger partial charge in [-0.2, -0.15) is 0 Å². The van der Waals surface area contributed by atoms with Crippen LogP contribution in [0.25, 0.3) is 22.3 Å². The molecular weight excluding hydrogens is 294 g/mol. The van der Waals surface area contributed by atoms with Crippen molar-refractivity contribution >= 4 is 22.5 Å². The molecule has 2 heterocycles. The number of nitrogens with two attached hydrogens (primary N) is 1. The van der Waals surface area contributed by atoms with E-state index in [-0.39, 0.29) is 0 Å². The minimum Gasteiger partial charge on any atom is -0.353 e. The molecule has 0 saturated carbocycles. The maximum absolute atomic E-state index is 6.27. The summed E-state index contributed by atoms with van der Waals surface area (Å²) in [5, 5.41) is 2.02.